The fourth-order valence-electron chi connectivity index (χ4n) is 1.35. The van der Waals surface area contributed by atoms with E-state index in [2.05, 4.69) is 5.32 Å². The number of hydrogen-bond donors (Lipinski definition) is 2. The summed E-state index contributed by atoms with van der Waals surface area (Å²) in [5.74, 6) is 0.252. The van der Waals surface area contributed by atoms with Crippen molar-refractivity contribution in [1.82, 2.24) is 5.32 Å². The van der Waals surface area contributed by atoms with Gasteiger partial charge in [-0.1, -0.05) is 0 Å². The molecule has 0 aromatic carbocycles. The molecule has 4 heteroatoms. The van der Waals surface area contributed by atoms with Crippen LogP contribution >= 0.6 is 0 Å². The van der Waals surface area contributed by atoms with Gasteiger partial charge in [0.1, 0.15) is 11.6 Å². The molecule has 1 atom stereocenters. The van der Waals surface area contributed by atoms with E-state index in [1.54, 1.807) is 0 Å². The molecule has 0 spiro atoms. The molecule has 82 valence electrons. The summed E-state index contributed by atoms with van der Waals surface area (Å²) in [6.07, 6.45) is 0.724. The van der Waals surface area contributed by atoms with Crippen molar-refractivity contribution in [1.29, 1.82) is 0 Å². The number of carbonyl (C=O) groups excluding carboxylic acids is 1. The van der Waals surface area contributed by atoms with Gasteiger partial charge in [-0.15, -0.1) is 0 Å². The van der Waals surface area contributed by atoms with Crippen molar-refractivity contribution in [2.45, 2.75) is 38.8 Å². The lowest BCUT2D eigenvalue weighted by Crippen LogP contribution is -2.47. The molecule has 0 radical (unpaired) electrons. The highest BCUT2D eigenvalue weighted by Crippen LogP contribution is 2.14. The maximum absolute atomic E-state index is 11.5. The SMILES string of the molecule is CC(C)(C)OC(=O)C(N)CC1CNC1. The van der Waals surface area contributed by atoms with Gasteiger partial charge in [0.2, 0.25) is 0 Å². The van der Waals surface area contributed by atoms with Crippen molar-refractivity contribution in [3.63, 3.8) is 0 Å². The zero-order valence-corrected chi connectivity index (χ0v) is 9.17. The van der Waals surface area contributed by atoms with E-state index in [9.17, 15) is 4.79 Å². The second kappa shape index (κ2) is 4.28. The standard InChI is InChI=1S/C10H20N2O2/c1-10(2,3)14-9(13)8(11)4-7-5-12-6-7/h7-8,12H,4-6,11H2,1-3H3. The lowest BCUT2D eigenvalue weighted by molar-refractivity contribution is -0.157. The number of nitrogens with two attached hydrogens (primary N) is 1. The Bertz CT molecular complexity index is 207. The molecule has 0 aromatic rings. The first kappa shape index (κ1) is 11.5. The van der Waals surface area contributed by atoms with Crippen LogP contribution in [0.2, 0.25) is 0 Å². The van der Waals surface area contributed by atoms with Crippen molar-refractivity contribution in [2.24, 2.45) is 11.7 Å². The molecule has 0 amide bonds. The van der Waals surface area contributed by atoms with Gasteiger partial charge in [0.25, 0.3) is 0 Å². The molecule has 1 saturated heterocycles. The maximum atomic E-state index is 11.5. The van der Waals surface area contributed by atoms with E-state index in [4.69, 9.17) is 10.5 Å². The normalized spacial score (nSPS) is 20.0. The van der Waals surface area contributed by atoms with Crippen molar-refractivity contribution in [3.8, 4) is 0 Å². The molecule has 14 heavy (non-hydrogen) atoms. The quantitative estimate of drug-likeness (QED) is 0.642. The van der Waals surface area contributed by atoms with Crippen LogP contribution in [-0.2, 0) is 9.53 Å². The van der Waals surface area contributed by atoms with Crippen LogP contribution in [0.1, 0.15) is 27.2 Å². The topological polar surface area (TPSA) is 64.3 Å². The largest absolute Gasteiger partial charge is 0.459 e. The van der Waals surface area contributed by atoms with E-state index in [0.29, 0.717) is 5.92 Å². The van der Waals surface area contributed by atoms with E-state index in [1.165, 1.54) is 0 Å². The van der Waals surface area contributed by atoms with E-state index in [0.717, 1.165) is 19.5 Å². The molecule has 1 fully saturated rings. The van der Waals surface area contributed by atoms with Crippen LogP contribution in [0.3, 0.4) is 0 Å². The van der Waals surface area contributed by atoms with Crippen LogP contribution in [0.5, 0.6) is 0 Å². The van der Waals surface area contributed by atoms with Gasteiger partial charge in [0.15, 0.2) is 0 Å². The van der Waals surface area contributed by atoms with Gasteiger partial charge in [-0.3, -0.25) is 4.79 Å². The van der Waals surface area contributed by atoms with E-state index in [1.807, 2.05) is 20.8 Å². The fraction of sp³-hybridized carbons (Fsp3) is 0.900. The van der Waals surface area contributed by atoms with E-state index < -0.39 is 11.6 Å². The fourth-order valence-corrected chi connectivity index (χ4v) is 1.35. The second-order valence-corrected chi connectivity index (χ2v) is 4.90. The number of hydrogen-bond acceptors (Lipinski definition) is 4. The van der Waals surface area contributed by atoms with Crippen molar-refractivity contribution >= 4 is 5.97 Å². The summed E-state index contributed by atoms with van der Waals surface area (Å²) in [7, 11) is 0. The number of rotatable bonds is 3. The Kier molecular flexibility index (Phi) is 3.50. The van der Waals surface area contributed by atoms with Gasteiger partial charge < -0.3 is 15.8 Å². The first-order valence-electron chi connectivity index (χ1n) is 5.07. The average Bonchev–Trinajstić information content (AvgIpc) is 1.92. The van der Waals surface area contributed by atoms with E-state index in [-0.39, 0.29) is 5.97 Å². The monoisotopic (exact) mass is 200 g/mol. The molecule has 0 saturated carbocycles. The van der Waals surface area contributed by atoms with Crippen LogP contribution in [0.25, 0.3) is 0 Å². The Hall–Kier alpha value is -0.610. The first-order chi connectivity index (χ1) is 6.38. The van der Waals surface area contributed by atoms with Crippen molar-refractivity contribution < 1.29 is 9.53 Å². The smallest absolute Gasteiger partial charge is 0.323 e. The highest BCUT2D eigenvalue weighted by atomic mass is 16.6. The molecular weight excluding hydrogens is 180 g/mol. The zero-order chi connectivity index (χ0) is 10.8. The van der Waals surface area contributed by atoms with E-state index >= 15 is 0 Å². The Morgan fingerprint density at radius 2 is 2.14 bits per heavy atom. The number of ether oxygens (including phenoxy) is 1. The first-order valence-corrected chi connectivity index (χ1v) is 5.07. The number of esters is 1. The van der Waals surface area contributed by atoms with Crippen LogP contribution < -0.4 is 11.1 Å². The third-order valence-electron chi connectivity index (χ3n) is 2.16. The summed E-state index contributed by atoms with van der Waals surface area (Å²) in [5.41, 5.74) is 5.29. The minimum atomic E-state index is -0.471. The minimum Gasteiger partial charge on any atom is -0.459 e. The van der Waals surface area contributed by atoms with Crippen LogP contribution in [0, 0.1) is 5.92 Å². The molecule has 1 aliphatic rings. The summed E-state index contributed by atoms with van der Waals surface area (Å²) in [5, 5.41) is 3.15. The van der Waals surface area contributed by atoms with Crippen molar-refractivity contribution in [3.05, 3.63) is 0 Å². The van der Waals surface area contributed by atoms with Crippen molar-refractivity contribution in [2.75, 3.05) is 13.1 Å². The molecule has 0 aliphatic carbocycles. The Balaban J connectivity index is 2.28. The number of nitrogens with one attached hydrogen (secondary N) is 1. The summed E-state index contributed by atoms with van der Waals surface area (Å²) in [6.45, 7) is 7.49. The second-order valence-electron chi connectivity index (χ2n) is 4.90. The van der Waals surface area contributed by atoms with Gasteiger partial charge in [0.05, 0.1) is 0 Å². The van der Waals surface area contributed by atoms with Gasteiger partial charge in [-0.25, -0.2) is 0 Å². The van der Waals surface area contributed by atoms with Crippen LogP contribution in [-0.4, -0.2) is 30.7 Å². The zero-order valence-electron chi connectivity index (χ0n) is 9.17. The van der Waals surface area contributed by atoms with Crippen LogP contribution in [0.15, 0.2) is 0 Å². The third-order valence-corrected chi connectivity index (χ3v) is 2.16. The Morgan fingerprint density at radius 1 is 1.57 bits per heavy atom. The predicted octanol–water partition coefficient (Wildman–Crippen LogP) is 0.265. The van der Waals surface area contributed by atoms with Gasteiger partial charge >= 0.3 is 5.97 Å². The van der Waals surface area contributed by atoms with Gasteiger partial charge in [-0.2, -0.15) is 0 Å². The lowest BCUT2D eigenvalue weighted by atomic mass is 9.95. The summed E-state index contributed by atoms with van der Waals surface area (Å²) in [6, 6.07) is -0.471. The molecular formula is C10H20N2O2. The molecule has 0 bridgehead atoms. The molecule has 3 N–H and O–H groups in total. The van der Waals surface area contributed by atoms with Gasteiger partial charge in [0, 0.05) is 0 Å². The molecule has 4 nitrogen and oxygen atoms in total. The molecule has 1 heterocycles. The third kappa shape index (κ3) is 3.64. The highest BCUT2D eigenvalue weighted by molar-refractivity contribution is 5.75. The Labute approximate surface area is 85.2 Å². The maximum Gasteiger partial charge on any atom is 0.323 e. The highest BCUT2D eigenvalue weighted by Gasteiger charge is 2.27. The minimum absolute atomic E-state index is 0.288. The summed E-state index contributed by atoms with van der Waals surface area (Å²) < 4.78 is 5.18. The predicted molar refractivity (Wildman–Crippen MR) is 54.8 cm³/mol. The number of carbonyl (C=O) groups is 1. The average molecular weight is 200 g/mol. The lowest BCUT2D eigenvalue weighted by Gasteiger charge is -2.30. The molecule has 0 aromatic heterocycles. The Morgan fingerprint density at radius 3 is 2.50 bits per heavy atom. The van der Waals surface area contributed by atoms with Gasteiger partial charge in [-0.05, 0) is 46.2 Å². The molecule has 1 aliphatic heterocycles. The van der Waals surface area contributed by atoms with Crippen LogP contribution in [0.4, 0.5) is 0 Å². The molecule has 1 rings (SSSR count). The molecule has 1 unspecified atom stereocenters. The summed E-state index contributed by atoms with van der Waals surface area (Å²) in [4.78, 5) is 11.5. The summed E-state index contributed by atoms with van der Waals surface area (Å²) >= 11 is 0.